The van der Waals surface area contributed by atoms with Crippen molar-refractivity contribution in [2.45, 2.75) is 51.5 Å². The molecule has 0 bridgehead atoms. The number of amides is 1. The summed E-state index contributed by atoms with van der Waals surface area (Å²) in [6.45, 7) is 4.37. The molecule has 110 valence electrons. The minimum Gasteiger partial charge on any atom is -0.409 e. The molecule has 0 aliphatic carbocycles. The molecule has 0 saturated carbocycles. The summed E-state index contributed by atoms with van der Waals surface area (Å²) >= 11 is 0. The Morgan fingerprint density at radius 3 is 2.68 bits per heavy atom. The minimum absolute atomic E-state index is 0.170. The van der Waals surface area contributed by atoms with Crippen LogP contribution in [-0.4, -0.2) is 47.5 Å². The Morgan fingerprint density at radius 1 is 1.42 bits per heavy atom. The number of carbonyl (C=O) groups is 1. The predicted octanol–water partition coefficient (Wildman–Crippen LogP) is 0.894. The SMILES string of the molecule is CCCCCC(=O)NC1CCN(CC(N)=NO)CC1. The van der Waals surface area contributed by atoms with Crippen LogP contribution < -0.4 is 11.1 Å². The molecule has 19 heavy (non-hydrogen) atoms. The third-order valence-electron chi connectivity index (χ3n) is 3.47. The van der Waals surface area contributed by atoms with Gasteiger partial charge in [0, 0.05) is 25.6 Å². The topological polar surface area (TPSA) is 91.0 Å². The molecule has 0 aromatic rings. The molecule has 0 spiro atoms. The number of hydrogen-bond acceptors (Lipinski definition) is 4. The number of carbonyl (C=O) groups excluding carboxylic acids is 1. The van der Waals surface area contributed by atoms with Gasteiger partial charge in [-0.25, -0.2) is 0 Å². The van der Waals surface area contributed by atoms with E-state index in [-0.39, 0.29) is 17.8 Å². The van der Waals surface area contributed by atoms with Crippen molar-refractivity contribution in [3.05, 3.63) is 0 Å². The second kappa shape index (κ2) is 8.74. The van der Waals surface area contributed by atoms with Gasteiger partial charge in [-0.1, -0.05) is 24.9 Å². The highest BCUT2D eigenvalue weighted by Crippen LogP contribution is 2.10. The predicted molar refractivity (Wildman–Crippen MR) is 75.2 cm³/mol. The van der Waals surface area contributed by atoms with Crippen LogP contribution in [-0.2, 0) is 4.79 Å². The van der Waals surface area contributed by atoms with Gasteiger partial charge in [-0.05, 0) is 19.3 Å². The van der Waals surface area contributed by atoms with Gasteiger partial charge in [-0.2, -0.15) is 0 Å². The van der Waals surface area contributed by atoms with Crippen LogP contribution in [0.25, 0.3) is 0 Å². The zero-order chi connectivity index (χ0) is 14.1. The fraction of sp³-hybridized carbons (Fsp3) is 0.846. The van der Waals surface area contributed by atoms with Crippen molar-refractivity contribution in [1.82, 2.24) is 10.2 Å². The van der Waals surface area contributed by atoms with Crippen molar-refractivity contribution in [2.24, 2.45) is 10.9 Å². The molecule has 1 amide bonds. The molecule has 6 nitrogen and oxygen atoms in total. The van der Waals surface area contributed by atoms with Gasteiger partial charge in [0.2, 0.25) is 5.91 Å². The first-order valence-corrected chi connectivity index (χ1v) is 7.13. The van der Waals surface area contributed by atoms with Gasteiger partial charge >= 0.3 is 0 Å². The lowest BCUT2D eigenvalue weighted by Gasteiger charge is -2.31. The summed E-state index contributed by atoms with van der Waals surface area (Å²) in [5.41, 5.74) is 5.48. The van der Waals surface area contributed by atoms with E-state index in [4.69, 9.17) is 10.9 Å². The zero-order valence-corrected chi connectivity index (χ0v) is 11.8. The Morgan fingerprint density at radius 2 is 2.11 bits per heavy atom. The molecule has 0 radical (unpaired) electrons. The van der Waals surface area contributed by atoms with E-state index >= 15 is 0 Å². The van der Waals surface area contributed by atoms with Gasteiger partial charge in [-0.15, -0.1) is 0 Å². The Bertz CT molecular complexity index is 299. The number of hydrogen-bond donors (Lipinski definition) is 3. The highest BCUT2D eigenvalue weighted by atomic mass is 16.4. The van der Waals surface area contributed by atoms with Crippen LogP contribution >= 0.6 is 0 Å². The van der Waals surface area contributed by atoms with Gasteiger partial charge < -0.3 is 16.3 Å². The van der Waals surface area contributed by atoms with Gasteiger partial charge in [0.15, 0.2) is 5.84 Å². The third kappa shape index (κ3) is 6.42. The molecule has 1 rings (SSSR count). The summed E-state index contributed by atoms with van der Waals surface area (Å²) in [5.74, 6) is 0.408. The second-order valence-electron chi connectivity index (χ2n) is 5.17. The van der Waals surface area contributed by atoms with Gasteiger partial charge in [0.25, 0.3) is 0 Å². The molecule has 6 heteroatoms. The monoisotopic (exact) mass is 270 g/mol. The Kier molecular flexibility index (Phi) is 7.25. The maximum Gasteiger partial charge on any atom is 0.220 e. The summed E-state index contributed by atoms with van der Waals surface area (Å²) in [4.78, 5) is 13.8. The molecule has 1 aliphatic rings. The number of likely N-dealkylation sites (tertiary alicyclic amines) is 1. The number of oxime groups is 1. The highest BCUT2D eigenvalue weighted by Gasteiger charge is 2.20. The standard InChI is InChI=1S/C13H26N4O2/c1-2-3-4-5-13(18)15-11-6-8-17(9-7-11)10-12(14)16-19/h11,19H,2-10H2,1H3,(H2,14,16)(H,15,18). The smallest absolute Gasteiger partial charge is 0.220 e. The van der Waals surface area contributed by atoms with Crippen LogP contribution in [0.2, 0.25) is 0 Å². The average Bonchev–Trinajstić information content (AvgIpc) is 2.41. The molecular weight excluding hydrogens is 244 g/mol. The summed E-state index contributed by atoms with van der Waals surface area (Å²) in [6, 6.07) is 0.276. The van der Waals surface area contributed by atoms with Gasteiger partial charge in [0.1, 0.15) is 0 Å². The van der Waals surface area contributed by atoms with E-state index in [1.165, 1.54) is 0 Å². The molecule has 1 aliphatic heterocycles. The maximum atomic E-state index is 11.7. The van der Waals surface area contributed by atoms with Crippen molar-refractivity contribution < 1.29 is 10.0 Å². The summed E-state index contributed by atoms with van der Waals surface area (Å²) in [5, 5.41) is 14.6. The molecule has 0 unspecified atom stereocenters. The quantitative estimate of drug-likeness (QED) is 0.211. The summed E-state index contributed by atoms with van der Waals surface area (Å²) in [7, 11) is 0. The first-order valence-electron chi connectivity index (χ1n) is 7.13. The van der Waals surface area contributed by atoms with Crippen molar-refractivity contribution in [3.8, 4) is 0 Å². The van der Waals surface area contributed by atoms with Crippen molar-refractivity contribution in [2.75, 3.05) is 19.6 Å². The normalized spacial score (nSPS) is 18.5. The van der Waals surface area contributed by atoms with Gasteiger partial charge in [0.05, 0.1) is 6.54 Å². The van der Waals surface area contributed by atoms with E-state index in [1.54, 1.807) is 0 Å². The first-order chi connectivity index (χ1) is 9.15. The van der Waals surface area contributed by atoms with Crippen molar-refractivity contribution >= 4 is 11.7 Å². The highest BCUT2D eigenvalue weighted by molar-refractivity contribution is 5.81. The molecule has 0 aromatic heterocycles. The van der Waals surface area contributed by atoms with E-state index in [1.807, 2.05) is 0 Å². The molecule has 1 saturated heterocycles. The maximum absolute atomic E-state index is 11.7. The number of piperidine rings is 1. The number of unbranched alkanes of at least 4 members (excludes halogenated alkanes) is 2. The number of nitrogens with one attached hydrogen (secondary N) is 1. The second-order valence-corrected chi connectivity index (χ2v) is 5.17. The Balaban J connectivity index is 2.17. The Hall–Kier alpha value is -1.30. The van der Waals surface area contributed by atoms with Crippen LogP contribution in [0.1, 0.15) is 45.4 Å². The number of nitrogens with zero attached hydrogens (tertiary/aromatic N) is 2. The van der Waals surface area contributed by atoms with Crippen molar-refractivity contribution in [3.63, 3.8) is 0 Å². The van der Waals surface area contributed by atoms with Crippen LogP contribution in [0.5, 0.6) is 0 Å². The molecule has 4 N–H and O–H groups in total. The van der Waals surface area contributed by atoms with E-state index in [2.05, 4.69) is 22.3 Å². The number of amidine groups is 1. The summed E-state index contributed by atoms with van der Waals surface area (Å²) in [6.07, 6.45) is 5.73. The molecule has 0 atom stereocenters. The van der Waals surface area contributed by atoms with E-state index < -0.39 is 0 Å². The fourth-order valence-electron chi connectivity index (χ4n) is 2.33. The van der Waals surface area contributed by atoms with E-state index in [0.717, 1.165) is 45.2 Å². The lowest BCUT2D eigenvalue weighted by Crippen LogP contribution is -2.46. The Labute approximate surface area is 115 Å². The van der Waals surface area contributed by atoms with E-state index in [9.17, 15) is 4.79 Å². The molecular formula is C13H26N4O2. The molecule has 1 fully saturated rings. The lowest BCUT2D eigenvalue weighted by atomic mass is 10.0. The lowest BCUT2D eigenvalue weighted by molar-refractivity contribution is -0.122. The molecule has 0 aromatic carbocycles. The average molecular weight is 270 g/mol. The van der Waals surface area contributed by atoms with Crippen LogP contribution in [0.4, 0.5) is 0 Å². The van der Waals surface area contributed by atoms with Gasteiger partial charge in [-0.3, -0.25) is 9.69 Å². The number of rotatable bonds is 7. The largest absolute Gasteiger partial charge is 0.409 e. The fourth-order valence-corrected chi connectivity index (χ4v) is 2.33. The third-order valence-corrected chi connectivity index (χ3v) is 3.47. The van der Waals surface area contributed by atoms with Crippen molar-refractivity contribution in [1.29, 1.82) is 0 Å². The van der Waals surface area contributed by atoms with Crippen LogP contribution in [0, 0.1) is 0 Å². The van der Waals surface area contributed by atoms with E-state index in [0.29, 0.717) is 13.0 Å². The van der Waals surface area contributed by atoms with Crippen LogP contribution in [0.15, 0.2) is 5.16 Å². The zero-order valence-electron chi connectivity index (χ0n) is 11.8. The summed E-state index contributed by atoms with van der Waals surface area (Å²) < 4.78 is 0. The first kappa shape index (κ1) is 15.8. The number of nitrogens with two attached hydrogens (primary N) is 1. The van der Waals surface area contributed by atoms with Crippen LogP contribution in [0.3, 0.4) is 0 Å². The molecule has 1 heterocycles. The minimum atomic E-state index is 0.170.